The van der Waals surface area contributed by atoms with E-state index in [4.69, 9.17) is 0 Å². The van der Waals surface area contributed by atoms with Gasteiger partial charge in [-0.3, -0.25) is 0 Å². The topological polar surface area (TPSA) is 12.0 Å². The predicted molar refractivity (Wildman–Crippen MR) is 87.1 cm³/mol. The van der Waals surface area contributed by atoms with Gasteiger partial charge in [-0.1, -0.05) is 18.2 Å². The van der Waals surface area contributed by atoms with Crippen LogP contribution in [-0.2, 0) is 6.54 Å². The van der Waals surface area contributed by atoms with E-state index in [-0.39, 0.29) is 0 Å². The van der Waals surface area contributed by atoms with Crippen LogP contribution in [0.2, 0.25) is 0 Å². The van der Waals surface area contributed by atoms with Gasteiger partial charge in [0, 0.05) is 15.8 Å². The van der Waals surface area contributed by atoms with Gasteiger partial charge < -0.3 is 5.32 Å². The number of aryl methyl sites for hydroxylation is 2. The third-order valence-corrected chi connectivity index (χ3v) is 4.05. The van der Waals surface area contributed by atoms with Crippen LogP contribution in [-0.4, -0.2) is 0 Å². The lowest BCUT2D eigenvalue weighted by atomic mass is 10.0. The van der Waals surface area contributed by atoms with Crippen molar-refractivity contribution in [1.29, 1.82) is 0 Å². The molecule has 2 aromatic carbocycles. The van der Waals surface area contributed by atoms with Crippen LogP contribution in [0.5, 0.6) is 0 Å². The molecule has 0 saturated carbocycles. The van der Waals surface area contributed by atoms with Gasteiger partial charge in [0.2, 0.25) is 0 Å². The first-order chi connectivity index (χ1) is 8.58. The summed E-state index contributed by atoms with van der Waals surface area (Å²) in [5, 5.41) is 3.52. The van der Waals surface area contributed by atoms with E-state index in [0.717, 1.165) is 6.54 Å². The highest BCUT2D eigenvalue weighted by molar-refractivity contribution is 14.1. The summed E-state index contributed by atoms with van der Waals surface area (Å²) in [4.78, 5) is 0. The first kappa shape index (κ1) is 13.4. The normalized spacial score (nSPS) is 10.4. The molecule has 0 atom stereocenters. The quantitative estimate of drug-likeness (QED) is 0.781. The molecule has 0 aliphatic heterocycles. The highest BCUT2D eigenvalue weighted by Crippen LogP contribution is 2.20. The van der Waals surface area contributed by atoms with Gasteiger partial charge in [-0.2, -0.15) is 0 Å². The molecule has 2 rings (SSSR count). The maximum atomic E-state index is 3.52. The maximum absolute atomic E-state index is 3.52. The fraction of sp³-hybridized carbons (Fsp3) is 0.250. The van der Waals surface area contributed by atoms with E-state index in [2.05, 4.69) is 85.1 Å². The number of anilines is 1. The van der Waals surface area contributed by atoms with Crippen molar-refractivity contribution in [2.24, 2.45) is 0 Å². The fourth-order valence-corrected chi connectivity index (χ4v) is 2.67. The monoisotopic (exact) mass is 351 g/mol. The van der Waals surface area contributed by atoms with Crippen LogP contribution < -0.4 is 5.32 Å². The number of nitrogens with one attached hydrogen (secondary N) is 1. The molecule has 0 heterocycles. The Bertz CT molecular complexity index is 561. The van der Waals surface area contributed by atoms with Crippen molar-refractivity contribution >= 4 is 28.3 Å². The van der Waals surface area contributed by atoms with Crippen LogP contribution in [0.3, 0.4) is 0 Å². The lowest BCUT2D eigenvalue weighted by Crippen LogP contribution is -2.03. The van der Waals surface area contributed by atoms with Gasteiger partial charge in [-0.05, 0) is 83.8 Å². The molecular formula is C16H18IN. The molecule has 0 amide bonds. The second-order valence-electron chi connectivity index (χ2n) is 4.67. The molecule has 1 nitrogen and oxygen atoms in total. The summed E-state index contributed by atoms with van der Waals surface area (Å²) >= 11 is 2.34. The number of hydrogen-bond acceptors (Lipinski definition) is 1. The molecule has 18 heavy (non-hydrogen) atoms. The van der Waals surface area contributed by atoms with Gasteiger partial charge in [0.05, 0.1) is 0 Å². The van der Waals surface area contributed by atoms with Crippen molar-refractivity contribution in [3.63, 3.8) is 0 Å². The summed E-state index contributed by atoms with van der Waals surface area (Å²) in [5.41, 5.74) is 6.62. The second-order valence-corrected chi connectivity index (χ2v) is 5.92. The van der Waals surface area contributed by atoms with Crippen molar-refractivity contribution < 1.29 is 0 Å². The van der Waals surface area contributed by atoms with Crippen LogP contribution in [0.25, 0.3) is 0 Å². The number of rotatable bonds is 3. The van der Waals surface area contributed by atoms with Crippen LogP contribution in [0.15, 0.2) is 36.4 Å². The number of benzene rings is 2. The Balaban J connectivity index is 2.14. The summed E-state index contributed by atoms with van der Waals surface area (Å²) in [6, 6.07) is 13.0. The highest BCUT2D eigenvalue weighted by Gasteiger charge is 2.02. The minimum absolute atomic E-state index is 0.884. The molecule has 0 radical (unpaired) electrons. The van der Waals surface area contributed by atoms with Crippen molar-refractivity contribution in [3.8, 4) is 0 Å². The zero-order chi connectivity index (χ0) is 13.1. The highest BCUT2D eigenvalue weighted by atomic mass is 127. The summed E-state index contributed by atoms with van der Waals surface area (Å²) in [7, 11) is 0. The van der Waals surface area contributed by atoms with E-state index in [0.29, 0.717) is 0 Å². The van der Waals surface area contributed by atoms with Crippen LogP contribution in [0.4, 0.5) is 5.69 Å². The van der Waals surface area contributed by atoms with E-state index in [1.54, 1.807) is 0 Å². The van der Waals surface area contributed by atoms with E-state index in [1.807, 2.05) is 0 Å². The first-order valence-electron chi connectivity index (χ1n) is 6.13. The molecule has 1 N–H and O–H groups in total. The zero-order valence-electron chi connectivity index (χ0n) is 11.0. The van der Waals surface area contributed by atoms with Gasteiger partial charge in [0.1, 0.15) is 0 Å². The molecule has 2 aromatic rings. The summed E-state index contributed by atoms with van der Waals surface area (Å²) in [6.45, 7) is 7.38. The Morgan fingerprint density at radius 1 is 1.00 bits per heavy atom. The molecule has 0 saturated heterocycles. The second kappa shape index (κ2) is 5.74. The molecule has 0 aliphatic rings. The fourth-order valence-electron chi connectivity index (χ4n) is 2.02. The molecule has 0 unspecified atom stereocenters. The van der Waals surface area contributed by atoms with Crippen molar-refractivity contribution in [2.45, 2.75) is 27.3 Å². The summed E-state index contributed by atoms with van der Waals surface area (Å²) in [5.74, 6) is 0. The van der Waals surface area contributed by atoms with E-state index >= 15 is 0 Å². The van der Waals surface area contributed by atoms with E-state index < -0.39 is 0 Å². The lowest BCUT2D eigenvalue weighted by Gasteiger charge is -2.13. The zero-order valence-corrected chi connectivity index (χ0v) is 13.2. The third-order valence-electron chi connectivity index (χ3n) is 3.37. The third kappa shape index (κ3) is 3.05. The Morgan fingerprint density at radius 3 is 2.50 bits per heavy atom. The van der Waals surface area contributed by atoms with Gasteiger partial charge in [0.25, 0.3) is 0 Å². The molecule has 0 fully saturated rings. The Morgan fingerprint density at radius 2 is 1.78 bits per heavy atom. The van der Waals surface area contributed by atoms with Gasteiger partial charge in [-0.25, -0.2) is 0 Å². The van der Waals surface area contributed by atoms with Gasteiger partial charge >= 0.3 is 0 Å². The van der Waals surface area contributed by atoms with Gasteiger partial charge in [-0.15, -0.1) is 0 Å². The van der Waals surface area contributed by atoms with Gasteiger partial charge in [0.15, 0.2) is 0 Å². The van der Waals surface area contributed by atoms with E-state index in [1.165, 1.54) is 31.5 Å². The first-order valence-corrected chi connectivity index (χ1v) is 7.21. The van der Waals surface area contributed by atoms with Crippen LogP contribution in [0, 0.1) is 24.3 Å². The minimum atomic E-state index is 0.884. The molecule has 0 aliphatic carbocycles. The molecule has 0 bridgehead atoms. The van der Waals surface area contributed by atoms with Crippen LogP contribution in [0.1, 0.15) is 22.3 Å². The number of hydrogen-bond donors (Lipinski definition) is 1. The molecular weight excluding hydrogens is 333 g/mol. The standard InChI is InChI=1S/C16H18IN/c1-11-5-4-6-14(13(11)3)10-18-16-8-7-15(17)9-12(16)2/h4-9,18H,10H2,1-3H3. The summed E-state index contributed by atoms with van der Waals surface area (Å²) in [6.07, 6.45) is 0. The number of halogens is 1. The Kier molecular flexibility index (Phi) is 4.27. The van der Waals surface area contributed by atoms with Crippen LogP contribution >= 0.6 is 22.6 Å². The predicted octanol–water partition coefficient (Wildman–Crippen LogP) is 4.83. The maximum Gasteiger partial charge on any atom is 0.0403 e. The smallest absolute Gasteiger partial charge is 0.0403 e. The van der Waals surface area contributed by atoms with Crippen molar-refractivity contribution in [3.05, 3.63) is 62.2 Å². The summed E-state index contributed by atoms with van der Waals surface area (Å²) < 4.78 is 1.28. The van der Waals surface area contributed by atoms with Crippen molar-refractivity contribution in [2.75, 3.05) is 5.32 Å². The van der Waals surface area contributed by atoms with E-state index in [9.17, 15) is 0 Å². The van der Waals surface area contributed by atoms with Crippen molar-refractivity contribution in [1.82, 2.24) is 0 Å². The average Bonchev–Trinajstić information content (AvgIpc) is 2.33. The Labute approximate surface area is 123 Å². The average molecular weight is 351 g/mol. The SMILES string of the molecule is Cc1cc(I)ccc1NCc1cccc(C)c1C. The Hall–Kier alpha value is -1.03. The lowest BCUT2D eigenvalue weighted by molar-refractivity contribution is 1.10. The molecule has 2 heteroatoms. The molecule has 0 aromatic heterocycles. The molecule has 94 valence electrons. The molecule has 0 spiro atoms. The minimum Gasteiger partial charge on any atom is -0.381 e. The largest absolute Gasteiger partial charge is 0.381 e.